The van der Waals surface area contributed by atoms with Gasteiger partial charge in [0, 0.05) is 12.6 Å². The number of carbonyl (C=O) groups excluding carboxylic acids is 2. The van der Waals surface area contributed by atoms with E-state index in [1.807, 2.05) is 49.1 Å². The van der Waals surface area contributed by atoms with Crippen LogP contribution in [-0.2, 0) is 9.59 Å². The van der Waals surface area contributed by atoms with Gasteiger partial charge in [-0.2, -0.15) is 0 Å². The fraction of sp³-hybridized carbons (Fsp3) is 0.619. The molecule has 142 valence electrons. The van der Waals surface area contributed by atoms with Gasteiger partial charge in [0.15, 0.2) is 0 Å². The summed E-state index contributed by atoms with van der Waals surface area (Å²) in [6.45, 7) is 6.48. The number of amides is 2. The van der Waals surface area contributed by atoms with Gasteiger partial charge in [0.1, 0.15) is 12.1 Å². The van der Waals surface area contributed by atoms with Gasteiger partial charge in [0.25, 0.3) is 0 Å². The maximum absolute atomic E-state index is 13.6. The lowest BCUT2D eigenvalue weighted by Gasteiger charge is -2.37. The number of rotatable bonds is 5. The molecule has 2 atom stereocenters. The number of nitrogens with zero attached hydrogens (tertiary/aromatic N) is 2. The van der Waals surface area contributed by atoms with E-state index in [1.165, 1.54) is 6.42 Å². The average Bonchev–Trinajstić information content (AvgIpc) is 3.13. The average molecular weight is 357 g/mol. The summed E-state index contributed by atoms with van der Waals surface area (Å²) >= 11 is 0. The van der Waals surface area contributed by atoms with Gasteiger partial charge in [0.05, 0.1) is 0 Å². The first-order valence-corrected chi connectivity index (χ1v) is 9.98. The van der Waals surface area contributed by atoms with E-state index in [-0.39, 0.29) is 29.9 Å². The number of likely N-dealkylation sites (tertiary alicyclic amines) is 2. The van der Waals surface area contributed by atoms with Crippen molar-refractivity contribution >= 4 is 11.8 Å². The van der Waals surface area contributed by atoms with Crippen LogP contribution in [0.25, 0.3) is 0 Å². The van der Waals surface area contributed by atoms with Crippen molar-refractivity contribution in [3.63, 3.8) is 0 Å². The quantitative estimate of drug-likeness (QED) is 0.882. The first-order valence-electron chi connectivity index (χ1n) is 9.98. The zero-order chi connectivity index (χ0) is 18.5. The van der Waals surface area contributed by atoms with Crippen LogP contribution in [-0.4, -0.2) is 53.3 Å². The van der Waals surface area contributed by atoms with Gasteiger partial charge in [-0.1, -0.05) is 36.8 Å². The molecule has 2 amide bonds. The van der Waals surface area contributed by atoms with Gasteiger partial charge in [0.2, 0.25) is 11.8 Å². The van der Waals surface area contributed by atoms with Crippen LogP contribution in [0.4, 0.5) is 0 Å². The first-order chi connectivity index (χ1) is 12.6. The minimum absolute atomic E-state index is 0.0173. The largest absolute Gasteiger partial charge is 0.352 e. The fourth-order valence-corrected chi connectivity index (χ4v) is 4.16. The fourth-order valence-electron chi connectivity index (χ4n) is 4.16. The Hall–Kier alpha value is -1.88. The van der Waals surface area contributed by atoms with E-state index < -0.39 is 0 Å². The molecule has 2 fully saturated rings. The standard InChI is InChI=1S/C21H31N3O2/c1-16(2)22-20(25)18-12-9-15-24(18)21(26)19(17-10-5-3-6-11-17)23-13-7-4-8-14-23/h3,5-6,10-11,16,18-19H,4,7-9,12-15H2,1-2H3,(H,22,25). The predicted molar refractivity (Wildman–Crippen MR) is 103 cm³/mol. The summed E-state index contributed by atoms with van der Waals surface area (Å²) in [7, 11) is 0. The predicted octanol–water partition coefficient (Wildman–Crippen LogP) is 2.73. The molecule has 2 unspecified atom stereocenters. The molecule has 0 aliphatic carbocycles. The molecule has 26 heavy (non-hydrogen) atoms. The van der Waals surface area contributed by atoms with Crippen molar-refractivity contribution < 1.29 is 9.59 Å². The molecular formula is C21H31N3O2. The molecule has 1 N–H and O–H groups in total. The molecule has 1 aromatic carbocycles. The van der Waals surface area contributed by atoms with Crippen LogP contribution in [0.5, 0.6) is 0 Å². The molecule has 0 radical (unpaired) electrons. The molecule has 5 heteroatoms. The van der Waals surface area contributed by atoms with Crippen molar-refractivity contribution in [2.24, 2.45) is 0 Å². The molecular weight excluding hydrogens is 326 g/mol. The number of benzene rings is 1. The third-order valence-electron chi connectivity index (χ3n) is 5.37. The van der Waals surface area contributed by atoms with E-state index in [4.69, 9.17) is 0 Å². The lowest BCUT2D eigenvalue weighted by atomic mass is 10.00. The summed E-state index contributed by atoms with van der Waals surface area (Å²) in [6.07, 6.45) is 5.15. The summed E-state index contributed by atoms with van der Waals surface area (Å²) in [5, 5.41) is 2.98. The molecule has 2 aliphatic rings. The number of nitrogens with one attached hydrogen (secondary N) is 1. The highest BCUT2D eigenvalue weighted by molar-refractivity contribution is 5.91. The number of carbonyl (C=O) groups is 2. The Morgan fingerprint density at radius 3 is 2.35 bits per heavy atom. The first kappa shape index (κ1) is 18.9. The Kier molecular flexibility index (Phi) is 6.30. The van der Waals surface area contributed by atoms with Crippen LogP contribution in [0.2, 0.25) is 0 Å². The summed E-state index contributed by atoms with van der Waals surface area (Å²) < 4.78 is 0. The molecule has 5 nitrogen and oxygen atoms in total. The zero-order valence-electron chi connectivity index (χ0n) is 16.0. The number of hydrogen-bond donors (Lipinski definition) is 1. The second kappa shape index (κ2) is 8.67. The van der Waals surface area contributed by atoms with Crippen molar-refractivity contribution in [2.45, 2.75) is 64.1 Å². The van der Waals surface area contributed by atoms with Crippen LogP contribution < -0.4 is 5.32 Å². The normalized spacial score (nSPS) is 22.4. The van der Waals surface area contributed by atoms with Crippen LogP contribution >= 0.6 is 0 Å². The number of piperidine rings is 1. The summed E-state index contributed by atoms with van der Waals surface area (Å²) in [6, 6.07) is 9.53. The Morgan fingerprint density at radius 1 is 1.00 bits per heavy atom. The van der Waals surface area contributed by atoms with Crippen molar-refractivity contribution in [2.75, 3.05) is 19.6 Å². The second-order valence-corrected chi connectivity index (χ2v) is 7.76. The minimum atomic E-state index is -0.332. The molecule has 2 saturated heterocycles. The summed E-state index contributed by atoms with van der Waals surface area (Å²) in [5.41, 5.74) is 1.04. The highest BCUT2D eigenvalue weighted by Gasteiger charge is 2.39. The zero-order valence-corrected chi connectivity index (χ0v) is 16.0. The van der Waals surface area contributed by atoms with Crippen molar-refractivity contribution in [1.82, 2.24) is 15.1 Å². The van der Waals surface area contributed by atoms with Gasteiger partial charge in [-0.05, 0) is 58.2 Å². The van der Waals surface area contributed by atoms with Crippen molar-refractivity contribution in [1.29, 1.82) is 0 Å². The Bertz CT molecular complexity index is 611. The van der Waals surface area contributed by atoms with E-state index in [9.17, 15) is 9.59 Å². The van der Waals surface area contributed by atoms with Crippen molar-refractivity contribution in [3.05, 3.63) is 35.9 Å². The summed E-state index contributed by atoms with van der Waals surface area (Å²) in [5.74, 6) is 0.0656. The SMILES string of the molecule is CC(C)NC(=O)C1CCCN1C(=O)C(c1ccccc1)N1CCCCC1. The van der Waals surface area contributed by atoms with E-state index >= 15 is 0 Å². The van der Waals surface area contributed by atoms with Gasteiger partial charge >= 0.3 is 0 Å². The van der Waals surface area contributed by atoms with Crippen LogP contribution in [0.1, 0.15) is 57.6 Å². The third kappa shape index (κ3) is 4.26. The smallest absolute Gasteiger partial charge is 0.245 e. The maximum Gasteiger partial charge on any atom is 0.245 e. The molecule has 3 rings (SSSR count). The molecule has 2 heterocycles. The van der Waals surface area contributed by atoms with Crippen molar-refractivity contribution in [3.8, 4) is 0 Å². The maximum atomic E-state index is 13.6. The monoisotopic (exact) mass is 357 g/mol. The Balaban J connectivity index is 1.83. The van der Waals surface area contributed by atoms with Gasteiger partial charge in [-0.15, -0.1) is 0 Å². The van der Waals surface area contributed by atoms with Crippen LogP contribution in [0.3, 0.4) is 0 Å². The lowest BCUT2D eigenvalue weighted by molar-refractivity contribution is -0.143. The second-order valence-electron chi connectivity index (χ2n) is 7.76. The topological polar surface area (TPSA) is 52.7 Å². The summed E-state index contributed by atoms with van der Waals surface area (Å²) in [4.78, 5) is 30.3. The molecule has 0 bridgehead atoms. The Labute approximate surface area is 156 Å². The van der Waals surface area contributed by atoms with E-state index in [2.05, 4.69) is 10.2 Å². The van der Waals surface area contributed by atoms with Gasteiger partial charge < -0.3 is 10.2 Å². The minimum Gasteiger partial charge on any atom is -0.352 e. The highest BCUT2D eigenvalue weighted by Crippen LogP contribution is 2.30. The van der Waals surface area contributed by atoms with Crippen LogP contribution in [0.15, 0.2) is 30.3 Å². The van der Waals surface area contributed by atoms with Crippen LogP contribution in [0, 0.1) is 0 Å². The molecule has 0 spiro atoms. The lowest BCUT2D eigenvalue weighted by Crippen LogP contribution is -2.51. The molecule has 2 aliphatic heterocycles. The molecule has 0 saturated carbocycles. The molecule has 0 aromatic heterocycles. The highest BCUT2D eigenvalue weighted by atomic mass is 16.2. The van der Waals surface area contributed by atoms with E-state index in [0.717, 1.165) is 44.3 Å². The third-order valence-corrected chi connectivity index (χ3v) is 5.37. The molecule has 1 aromatic rings. The Morgan fingerprint density at radius 2 is 1.69 bits per heavy atom. The van der Waals surface area contributed by atoms with E-state index in [0.29, 0.717) is 6.54 Å². The van der Waals surface area contributed by atoms with Gasteiger partial charge in [-0.25, -0.2) is 0 Å². The van der Waals surface area contributed by atoms with Gasteiger partial charge in [-0.3, -0.25) is 14.5 Å². The number of hydrogen-bond acceptors (Lipinski definition) is 3. The van der Waals surface area contributed by atoms with E-state index in [1.54, 1.807) is 0 Å².